The third-order valence-corrected chi connectivity index (χ3v) is 4.05. The second-order valence-corrected chi connectivity index (χ2v) is 5.99. The maximum Gasteiger partial charge on any atom is 0.0409 e. The Morgan fingerprint density at radius 1 is 1.32 bits per heavy atom. The molecular weight excluding hydrogens is 256 g/mol. The fourth-order valence-electron chi connectivity index (χ4n) is 2.87. The van der Waals surface area contributed by atoms with Gasteiger partial charge in [0, 0.05) is 18.1 Å². The first-order chi connectivity index (χ1) is 9.28. The first-order valence-electron chi connectivity index (χ1n) is 7.45. The summed E-state index contributed by atoms with van der Waals surface area (Å²) >= 11 is 6.07. The molecule has 1 aromatic rings. The normalized spacial score (nSPS) is 17.0. The second-order valence-electron chi connectivity index (χ2n) is 5.56. The van der Waals surface area contributed by atoms with Gasteiger partial charge >= 0.3 is 0 Å². The van der Waals surface area contributed by atoms with Crippen molar-refractivity contribution in [1.82, 2.24) is 10.2 Å². The van der Waals surface area contributed by atoms with Crippen LogP contribution in [0.25, 0.3) is 0 Å². The summed E-state index contributed by atoms with van der Waals surface area (Å²) in [7, 11) is 0. The maximum absolute atomic E-state index is 6.07. The first-order valence-corrected chi connectivity index (χ1v) is 7.83. The van der Waals surface area contributed by atoms with Crippen molar-refractivity contribution in [2.75, 3.05) is 26.2 Å². The molecule has 1 aliphatic rings. The molecule has 2 nitrogen and oxygen atoms in total. The van der Waals surface area contributed by atoms with Gasteiger partial charge in [-0.15, -0.1) is 0 Å². The Bertz CT molecular complexity index is 375. The molecule has 19 heavy (non-hydrogen) atoms. The molecule has 0 spiro atoms. The van der Waals surface area contributed by atoms with Crippen molar-refractivity contribution < 1.29 is 0 Å². The number of nitrogens with zero attached hydrogens (tertiary/aromatic N) is 1. The third-order valence-electron chi connectivity index (χ3n) is 3.81. The van der Waals surface area contributed by atoms with Gasteiger partial charge in [0.05, 0.1) is 0 Å². The molecule has 0 unspecified atom stereocenters. The predicted molar refractivity (Wildman–Crippen MR) is 82.6 cm³/mol. The van der Waals surface area contributed by atoms with Crippen LogP contribution in [0.4, 0.5) is 0 Å². The van der Waals surface area contributed by atoms with E-state index in [0.717, 1.165) is 17.5 Å². The van der Waals surface area contributed by atoms with E-state index >= 15 is 0 Å². The monoisotopic (exact) mass is 280 g/mol. The third kappa shape index (κ3) is 5.13. The van der Waals surface area contributed by atoms with Crippen LogP contribution in [0.15, 0.2) is 24.3 Å². The van der Waals surface area contributed by atoms with Crippen LogP contribution in [0, 0.1) is 5.92 Å². The lowest BCUT2D eigenvalue weighted by molar-refractivity contribution is 0.199. The second kappa shape index (κ2) is 7.88. The Morgan fingerprint density at radius 3 is 2.79 bits per heavy atom. The van der Waals surface area contributed by atoms with Gasteiger partial charge in [0.25, 0.3) is 0 Å². The van der Waals surface area contributed by atoms with Crippen LogP contribution in [-0.4, -0.2) is 31.1 Å². The molecule has 1 aliphatic heterocycles. The number of benzene rings is 1. The van der Waals surface area contributed by atoms with Gasteiger partial charge in [0.1, 0.15) is 0 Å². The fourth-order valence-corrected chi connectivity index (χ4v) is 3.09. The highest BCUT2D eigenvalue weighted by atomic mass is 35.5. The molecule has 1 heterocycles. The zero-order valence-electron chi connectivity index (χ0n) is 11.9. The molecule has 1 fully saturated rings. The highest BCUT2D eigenvalue weighted by molar-refractivity contribution is 6.30. The van der Waals surface area contributed by atoms with Crippen molar-refractivity contribution in [2.24, 2.45) is 5.92 Å². The van der Waals surface area contributed by atoms with Crippen LogP contribution >= 0.6 is 11.6 Å². The highest BCUT2D eigenvalue weighted by Gasteiger charge is 2.16. The number of nitrogens with one attached hydrogen (secondary N) is 1. The molecule has 2 rings (SSSR count). The van der Waals surface area contributed by atoms with Gasteiger partial charge in [0.15, 0.2) is 0 Å². The molecule has 0 radical (unpaired) electrons. The minimum absolute atomic E-state index is 0.843. The van der Waals surface area contributed by atoms with E-state index < -0.39 is 0 Å². The largest absolute Gasteiger partial charge is 0.317 e. The molecule has 106 valence electrons. The van der Waals surface area contributed by atoms with Crippen LogP contribution < -0.4 is 5.32 Å². The smallest absolute Gasteiger partial charge is 0.0409 e. The van der Waals surface area contributed by atoms with Gasteiger partial charge in [-0.2, -0.15) is 0 Å². The van der Waals surface area contributed by atoms with E-state index in [1.807, 2.05) is 12.1 Å². The summed E-state index contributed by atoms with van der Waals surface area (Å²) in [6.45, 7) is 8.05. The SMILES string of the molecule is CCCN(Cc1cccc(Cl)c1)CC1CCNCC1. The lowest BCUT2D eigenvalue weighted by Crippen LogP contribution is -2.36. The van der Waals surface area contributed by atoms with E-state index in [-0.39, 0.29) is 0 Å². The lowest BCUT2D eigenvalue weighted by atomic mass is 9.97. The van der Waals surface area contributed by atoms with Crippen molar-refractivity contribution >= 4 is 11.6 Å². The van der Waals surface area contributed by atoms with E-state index in [1.54, 1.807) is 0 Å². The molecule has 0 atom stereocenters. The molecule has 1 aromatic carbocycles. The van der Waals surface area contributed by atoms with Crippen LogP contribution in [0.5, 0.6) is 0 Å². The van der Waals surface area contributed by atoms with E-state index in [4.69, 9.17) is 11.6 Å². The summed E-state index contributed by atoms with van der Waals surface area (Å²) in [4.78, 5) is 2.58. The molecule has 0 saturated carbocycles. The minimum atomic E-state index is 0.843. The van der Waals surface area contributed by atoms with Crippen molar-refractivity contribution in [3.05, 3.63) is 34.9 Å². The van der Waals surface area contributed by atoms with Gasteiger partial charge in [-0.25, -0.2) is 0 Å². The zero-order valence-corrected chi connectivity index (χ0v) is 12.6. The van der Waals surface area contributed by atoms with Gasteiger partial charge in [0.2, 0.25) is 0 Å². The maximum atomic E-state index is 6.07. The topological polar surface area (TPSA) is 15.3 Å². The van der Waals surface area contributed by atoms with Crippen LogP contribution in [-0.2, 0) is 6.54 Å². The lowest BCUT2D eigenvalue weighted by Gasteiger charge is -2.30. The van der Waals surface area contributed by atoms with E-state index in [1.165, 1.54) is 51.0 Å². The Kier molecular flexibility index (Phi) is 6.15. The van der Waals surface area contributed by atoms with Crippen molar-refractivity contribution in [3.63, 3.8) is 0 Å². The van der Waals surface area contributed by atoms with Crippen LogP contribution in [0.2, 0.25) is 5.02 Å². The molecule has 1 saturated heterocycles. The zero-order chi connectivity index (χ0) is 13.5. The van der Waals surface area contributed by atoms with E-state index in [0.29, 0.717) is 0 Å². The summed E-state index contributed by atoms with van der Waals surface area (Å²) in [5, 5.41) is 4.28. The Morgan fingerprint density at radius 2 is 2.11 bits per heavy atom. The summed E-state index contributed by atoms with van der Waals surface area (Å²) in [6.07, 6.45) is 3.84. The quantitative estimate of drug-likeness (QED) is 0.857. The Labute approximate surface area is 122 Å². The van der Waals surface area contributed by atoms with Gasteiger partial charge in [-0.3, -0.25) is 4.90 Å². The van der Waals surface area contributed by atoms with Crippen molar-refractivity contribution in [3.8, 4) is 0 Å². The number of hydrogen-bond acceptors (Lipinski definition) is 2. The van der Waals surface area contributed by atoms with Crippen molar-refractivity contribution in [1.29, 1.82) is 0 Å². The summed E-state index contributed by atoms with van der Waals surface area (Å²) in [6, 6.07) is 8.26. The molecule has 0 aromatic heterocycles. The molecule has 0 aliphatic carbocycles. The minimum Gasteiger partial charge on any atom is -0.317 e. The van der Waals surface area contributed by atoms with Gasteiger partial charge in [-0.05, 0) is 62.5 Å². The summed E-state index contributed by atoms with van der Waals surface area (Å²) in [5.74, 6) is 0.854. The number of piperidine rings is 1. The average Bonchev–Trinajstić information content (AvgIpc) is 2.40. The first kappa shape index (κ1) is 14.8. The Hall–Kier alpha value is -0.570. The molecule has 0 amide bonds. The number of hydrogen-bond donors (Lipinski definition) is 1. The standard InChI is InChI=1S/C16H25ClN2/c1-2-10-19(12-14-6-8-18-9-7-14)13-15-4-3-5-16(17)11-15/h3-5,11,14,18H,2,6-10,12-13H2,1H3. The predicted octanol–water partition coefficient (Wildman–Crippen LogP) is 3.55. The number of halogens is 1. The van der Waals surface area contributed by atoms with E-state index in [2.05, 4.69) is 29.3 Å². The average molecular weight is 281 g/mol. The highest BCUT2D eigenvalue weighted by Crippen LogP contribution is 2.17. The van der Waals surface area contributed by atoms with Gasteiger partial charge in [-0.1, -0.05) is 30.7 Å². The summed E-state index contributed by atoms with van der Waals surface area (Å²) in [5.41, 5.74) is 1.33. The summed E-state index contributed by atoms with van der Waals surface area (Å²) < 4.78 is 0. The van der Waals surface area contributed by atoms with Crippen LogP contribution in [0.3, 0.4) is 0 Å². The number of rotatable bonds is 6. The van der Waals surface area contributed by atoms with Crippen LogP contribution in [0.1, 0.15) is 31.7 Å². The molecular formula is C16H25ClN2. The van der Waals surface area contributed by atoms with Gasteiger partial charge < -0.3 is 5.32 Å². The molecule has 1 N–H and O–H groups in total. The Balaban J connectivity index is 1.91. The fraction of sp³-hybridized carbons (Fsp3) is 0.625. The molecule has 3 heteroatoms. The van der Waals surface area contributed by atoms with Crippen molar-refractivity contribution in [2.45, 2.75) is 32.7 Å². The van der Waals surface area contributed by atoms with E-state index in [9.17, 15) is 0 Å². The molecule has 0 bridgehead atoms.